The summed E-state index contributed by atoms with van der Waals surface area (Å²) < 4.78 is 5.18. The Morgan fingerprint density at radius 2 is 1.74 bits per heavy atom. The van der Waals surface area contributed by atoms with Crippen molar-refractivity contribution in [1.82, 2.24) is 0 Å². The van der Waals surface area contributed by atoms with Crippen LogP contribution in [0.3, 0.4) is 0 Å². The molecule has 0 heterocycles. The van der Waals surface area contributed by atoms with Crippen molar-refractivity contribution in [3.63, 3.8) is 0 Å². The van der Waals surface area contributed by atoms with Gasteiger partial charge in [0.1, 0.15) is 5.75 Å². The third kappa shape index (κ3) is 4.86. The van der Waals surface area contributed by atoms with E-state index in [-0.39, 0.29) is 24.5 Å². The first-order valence-corrected chi connectivity index (χ1v) is 8.46. The molecule has 0 saturated heterocycles. The average Bonchev–Trinajstić information content (AvgIpc) is 2.60. The second-order valence-electron chi connectivity index (χ2n) is 4.90. The van der Waals surface area contributed by atoms with E-state index in [9.17, 15) is 9.59 Å². The van der Waals surface area contributed by atoms with E-state index in [0.717, 1.165) is 4.90 Å². The summed E-state index contributed by atoms with van der Waals surface area (Å²) in [6.45, 7) is 0. The van der Waals surface area contributed by atoms with Crippen molar-refractivity contribution in [3.05, 3.63) is 54.1 Å². The number of carbonyl (C=O) groups excluding carboxylic acids is 2. The second-order valence-corrected chi connectivity index (χ2v) is 5.78. The maximum atomic E-state index is 12.1. The maximum absolute atomic E-state index is 12.1. The molecule has 0 atom stereocenters. The standard InChI is InChI=1S/C18H19NO3S/c1-22-17-6-4-3-5-15(17)19-18(21)12-11-16(20)13-7-9-14(23-2)10-8-13/h3-10H,11-12H2,1-2H3,(H,19,21). The zero-order valence-electron chi connectivity index (χ0n) is 13.2. The lowest BCUT2D eigenvalue weighted by Gasteiger charge is -2.09. The first-order chi connectivity index (χ1) is 11.1. The fourth-order valence-electron chi connectivity index (χ4n) is 2.11. The van der Waals surface area contributed by atoms with E-state index in [0.29, 0.717) is 17.0 Å². The summed E-state index contributed by atoms with van der Waals surface area (Å²) in [5.74, 6) is 0.358. The van der Waals surface area contributed by atoms with Crippen molar-refractivity contribution < 1.29 is 14.3 Å². The zero-order valence-corrected chi connectivity index (χ0v) is 14.0. The molecule has 0 fully saturated rings. The Bertz CT molecular complexity index is 683. The van der Waals surface area contributed by atoms with E-state index in [1.165, 1.54) is 0 Å². The van der Waals surface area contributed by atoms with Gasteiger partial charge < -0.3 is 10.1 Å². The van der Waals surface area contributed by atoms with Gasteiger partial charge in [-0.1, -0.05) is 24.3 Å². The van der Waals surface area contributed by atoms with Gasteiger partial charge >= 0.3 is 0 Å². The van der Waals surface area contributed by atoms with Crippen molar-refractivity contribution in [3.8, 4) is 5.75 Å². The van der Waals surface area contributed by atoms with Crippen LogP contribution in [0.1, 0.15) is 23.2 Å². The Labute approximate surface area is 140 Å². The molecule has 2 aromatic carbocycles. The van der Waals surface area contributed by atoms with Gasteiger partial charge in [-0.05, 0) is 30.5 Å². The lowest BCUT2D eigenvalue weighted by atomic mass is 10.1. The molecular formula is C18H19NO3S. The van der Waals surface area contributed by atoms with Gasteiger partial charge in [-0.25, -0.2) is 0 Å². The lowest BCUT2D eigenvalue weighted by molar-refractivity contribution is -0.116. The van der Waals surface area contributed by atoms with Crippen LogP contribution in [0.25, 0.3) is 0 Å². The number of ketones is 1. The summed E-state index contributed by atoms with van der Waals surface area (Å²) in [6.07, 6.45) is 2.31. The van der Waals surface area contributed by atoms with Crippen LogP contribution in [-0.2, 0) is 4.79 Å². The predicted octanol–water partition coefficient (Wildman–Crippen LogP) is 4.02. The van der Waals surface area contributed by atoms with E-state index >= 15 is 0 Å². The van der Waals surface area contributed by atoms with Crippen molar-refractivity contribution in [2.45, 2.75) is 17.7 Å². The fourth-order valence-corrected chi connectivity index (χ4v) is 2.52. The largest absolute Gasteiger partial charge is 0.495 e. The highest BCUT2D eigenvalue weighted by atomic mass is 32.2. The third-order valence-electron chi connectivity index (χ3n) is 3.37. The third-order valence-corrected chi connectivity index (χ3v) is 4.12. The van der Waals surface area contributed by atoms with Crippen molar-refractivity contribution in [2.24, 2.45) is 0 Å². The molecule has 0 aliphatic carbocycles. The van der Waals surface area contributed by atoms with Crippen LogP contribution in [0.4, 0.5) is 5.69 Å². The number of para-hydroxylation sites is 2. The highest BCUT2D eigenvalue weighted by molar-refractivity contribution is 7.98. The molecule has 0 bridgehead atoms. The molecule has 4 nitrogen and oxygen atoms in total. The van der Waals surface area contributed by atoms with Crippen LogP contribution in [0.2, 0.25) is 0 Å². The van der Waals surface area contributed by atoms with Crippen LogP contribution in [0.15, 0.2) is 53.4 Å². The van der Waals surface area contributed by atoms with Crippen molar-refractivity contribution in [1.29, 1.82) is 0 Å². The molecule has 1 N–H and O–H groups in total. The fraction of sp³-hybridized carbons (Fsp3) is 0.222. The first-order valence-electron chi connectivity index (χ1n) is 7.24. The number of rotatable bonds is 7. The topological polar surface area (TPSA) is 55.4 Å². The quantitative estimate of drug-likeness (QED) is 0.616. The number of ether oxygens (including phenoxy) is 1. The smallest absolute Gasteiger partial charge is 0.224 e. The van der Waals surface area contributed by atoms with E-state index in [1.807, 2.05) is 30.5 Å². The first kappa shape index (κ1) is 17.1. The van der Waals surface area contributed by atoms with Crippen molar-refractivity contribution in [2.75, 3.05) is 18.7 Å². The number of amides is 1. The minimum Gasteiger partial charge on any atom is -0.495 e. The molecule has 2 aromatic rings. The van der Waals surface area contributed by atoms with Crippen molar-refractivity contribution >= 4 is 29.1 Å². The average molecular weight is 329 g/mol. The van der Waals surface area contributed by atoms with Gasteiger partial charge in [0.05, 0.1) is 12.8 Å². The second kappa shape index (κ2) is 8.39. The maximum Gasteiger partial charge on any atom is 0.224 e. The molecule has 5 heteroatoms. The van der Waals surface area contributed by atoms with Gasteiger partial charge in [-0.2, -0.15) is 0 Å². The minimum atomic E-state index is -0.205. The summed E-state index contributed by atoms with van der Waals surface area (Å²) in [5.41, 5.74) is 1.24. The predicted molar refractivity (Wildman–Crippen MR) is 93.4 cm³/mol. The van der Waals surface area contributed by atoms with Crippen LogP contribution >= 0.6 is 11.8 Å². The van der Waals surface area contributed by atoms with Gasteiger partial charge in [0, 0.05) is 23.3 Å². The monoisotopic (exact) mass is 329 g/mol. The summed E-state index contributed by atoms with van der Waals surface area (Å²) in [5, 5.41) is 2.77. The van der Waals surface area contributed by atoms with Gasteiger partial charge in [0.15, 0.2) is 5.78 Å². The van der Waals surface area contributed by atoms with E-state index in [4.69, 9.17) is 4.74 Å². The number of benzene rings is 2. The van der Waals surface area contributed by atoms with E-state index < -0.39 is 0 Å². The zero-order chi connectivity index (χ0) is 16.7. The Balaban J connectivity index is 1.89. The highest BCUT2D eigenvalue weighted by Crippen LogP contribution is 2.23. The molecule has 0 unspecified atom stereocenters. The Morgan fingerprint density at radius 1 is 1.04 bits per heavy atom. The number of hydrogen-bond acceptors (Lipinski definition) is 4. The molecule has 1 amide bonds. The van der Waals surface area contributed by atoms with Gasteiger partial charge in [-0.15, -0.1) is 11.8 Å². The van der Waals surface area contributed by atoms with Gasteiger partial charge in [0.2, 0.25) is 5.91 Å². The van der Waals surface area contributed by atoms with E-state index in [1.54, 1.807) is 43.1 Å². The summed E-state index contributed by atoms with van der Waals surface area (Å²) in [4.78, 5) is 25.2. The number of carbonyl (C=O) groups is 2. The van der Waals surface area contributed by atoms with Gasteiger partial charge in [0.25, 0.3) is 0 Å². The lowest BCUT2D eigenvalue weighted by Crippen LogP contribution is -2.14. The Hall–Kier alpha value is -2.27. The molecule has 0 aliphatic rings. The number of Topliss-reactive ketones (excluding diaryl/α,β-unsaturated/α-hetero) is 1. The van der Waals surface area contributed by atoms with Gasteiger partial charge in [-0.3, -0.25) is 9.59 Å². The summed E-state index contributed by atoms with van der Waals surface area (Å²) >= 11 is 1.62. The molecule has 0 aromatic heterocycles. The molecular weight excluding hydrogens is 310 g/mol. The Kier molecular flexibility index (Phi) is 6.23. The molecule has 0 radical (unpaired) electrons. The highest BCUT2D eigenvalue weighted by Gasteiger charge is 2.11. The van der Waals surface area contributed by atoms with Crippen LogP contribution in [0, 0.1) is 0 Å². The molecule has 2 rings (SSSR count). The number of anilines is 1. The number of methoxy groups -OCH3 is 1. The van der Waals surface area contributed by atoms with Crippen LogP contribution in [0.5, 0.6) is 5.75 Å². The number of hydrogen-bond donors (Lipinski definition) is 1. The number of nitrogens with one attached hydrogen (secondary N) is 1. The summed E-state index contributed by atoms with van der Waals surface area (Å²) in [7, 11) is 1.55. The SMILES string of the molecule is COc1ccccc1NC(=O)CCC(=O)c1ccc(SC)cc1. The summed E-state index contributed by atoms with van der Waals surface area (Å²) in [6, 6.07) is 14.6. The van der Waals surface area contributed by atoms with Crippen LogP contribution < -0.4 is 10.1 Å². The van der Waals surface area contributed by atoms with E-state index in [2.05, 4.69) is 5.32 Å². The molecule has 120 valence electrons. The molecule has 0 spiro atoms. The van der Waals surface area contributed by atoms with Crippen LogP contribution in [-0.4, -0.2) is 25.1 Å². The molecule has 0 saturated carbocycles. The minimum absolute atomic E-state index is 0.0344. The Morgan fingerprint density at radius 3 is 2.39 bits per heavy atom. The molecule has 23 heavy (non-hydrogen) atoms. The molecule has 0 aliphatic heterocycles. The number of thioether (sulfide) groups is 1. The normalized spacial score (nSPS) is 10.2.